The Bertz CT molecular complexity index is 810. The Kier molecular flexibility index (Phi) is 6.05. The van der Waals surface area contributed by atoms with Gasteiger partial charge in [-0.05, 0) is 50.1 Å². The molecule has 3 rings (SSSR count). The quantitative estimate of drug-likeness (QED) is 0.838. The highest BCUT2D eigenvalue weighted by atomic mass is 16.6. The lowest BCUT2D eigenvalue weighted by atomic mass is 10.1. The second kappa shape index (κ2) is 8.85. The molecule has 1 aromatic heterocycles. The van der Waals surface area contributed by atoms with E-state index >= 15 is 0 Å². The maximum absolute atomic E-state index is 11.8. The Balaban J connectivity index is 1.55. The second-order valence-corrected chi connectivity index (χ2v) is 6.18. The summed E-state index contributed by atoms with van der Waals surface area (Å²) in [6.07, 6.45) is 3.07. The number of nitrogens with zero attached hydrogens (tertiary/aromatic N) is 4. The standard InChI is InChI=1S/C19H22N6O2/c1-2-27-19(26)25-11-8-16(9-12-25)23-18-21-10-7-17(24-18)22-15-5-3-14(13-20)4-6-15/h3-7,10,16H,2,8-9,11-12H2,1H3,(H2,21,22,23,24). The van der Waals surface area contributed by atoms with Gasteiger partial charge in [-0.15, -0.1) is 0 Å². The minimum absolute atomic E-state index is 0.209. The highest BCUT2D eigenvalue weighted by Crippen LogP contribution is 2.18. The predicted molar refractivity (Wildman–Crippen MR) is 102 cm³/mol. The zero-order valence-corrected chi connectivity index (χ0v) is 15.2. The van der Waals surface area contributed by atoms with Crippen LogP contribution >= 0.6 is 0 Å². The van der Waals surface area contributed by atoms with Crippen LogP contribution in [0.15, 0.2) is 36.5 Å². The third-order valence-electron chi connectivity index (χ3n) is 4.30. The predicted octanol–water partition coefficient (Wildman–Crippen LogP) is 3.12. The summed E-state index contributed by atoms with van der Waals surface area (Å²) in [7, 11) is 0. The first-order valence-corrected chi connectivity index (χ1v) is 8.96. The number of likely N-dealkylation sites (tertiary alicyclic amines) is 1. The molecule has 1 aliphatic heterocycles. The van der Waals surface area contributed by atoms with E-state index in [-0.39, 0.29) is 12.1 Å². The Hall–Kier alpha value is -3.34. The molecular weight excluding hydrogens is 344 g/mol. The van der Waals surface area contributed by atoms with E-state index in [9.17, 15) is 4.79 Å². The number of benzene rings is 1. The van der Waals surface area contributed by atoms with E-state index in [1.54, 1.807) is 29.3 Å². The number of hydrogen-bond acceptors (Lipinski definition) is 7. The summed E-state index contributed by atoms with van der Waals surface area (Å²) in [6.45, 7) is 3.51. The Morgan fingerprint density at radius 2 is 2.04 bits per heavy atom. The van der Waals surface area contributed by atoms with Crippen LogP contribution in [-0.4, -0.2) is 46.7 Å². The van der Waals surface area contributed by atoms with Gasteiger partial charge in [0, 0.05) is 31.0 Å². The van der Waals surface area contributed by atoms with Crippen molar-refractivity contribution < 1.29 is 9.53 Å². The molecule has 0 saturated carbocycles. The molecule has 2 aromatic rings. The van der Waals surface area contributed by atoms with Gasteiger partial charge in [0.25, 0.3) is 0 Å². The van der Waals surface area contributed by atoms with Crippen LogP contribution in [0.25, 0.3) is 0 Å². The molecule has 1 fully saturated rings. The van der Waals surface area contributed by atoms with Crippen molar-refractivity contribution in [2.75, 3.05) is 30.3 Å². The summed E-state index contributed by atoms with van der Waals surface area (Å²) < 4.78 is 5.04. The van der Waals surface area contributed by atoms with Crippen molar-refractivity contribution >= 4 is 23.5 Å². The number of aromatic nitrogens is 2. The summed E-state index contributed by atoms with van der Waals surface area (Å²) in [5, 5.41) is 15.4. The highest BCUT2D eigenvalue weighted by molar-refractivity contribution is 5.67. The van der Waals surface area contributed by atoms with Gasteiger partial charge >= 0.3 is 6.09 Å². The van der Waals surface area contributed by atoms with E-state index in [0.29, 0.717) is 37.0 Å². The molecule has 8 nitrogen and oxygen atoms in total. The molecule has 2 heterocycles. The fourth-order valence-electron chi connectivity index (χ4n) is 2.88. The minimum atomic E-state index is -0.249. The molecule has 1 aliphatic rings. The van der Waals surface area contributed by atoms with E-state index in [0.717, 1.165) is 18.5 Å². The van der Waals surface area contributed by atoms with Gasteiger partial charge < -0.3 is 20.3 Å². The van der Waals surface area contributed by atoms with Crippen molar-refractivity contribution in [2.24, 2.45) is 0 Å². The monoisotopic (exact) mass is 366 g/mol. The lowest BCUT2D eigenvalue weighted by Crippen LogP contribution is -2.42. The zero-order valence-electron chi connectivity index (χ0n) is 15.2. The van der Waals surface area contributed by atoms with Gasteiger partial charge in [-0.3, -0.25) is 0 Å². The SMILES string of the molecule is CCOC(=O)N1CCC(Nc2nccc(Nc3ccc(C#N)cc3)n2)CC1. The number of hydrogen-bond donors (Lipinski definition) is 2. The lowest BCUT2D eigenvalue weighted by Gasteiger charge is -2.31. The molecule has 1 aromatic carbocycles. The normalized spacial score (nSPS) is 14.3. The lowest BCUT2D eigenvalue weighted by molar-refractivity contribution is 0.0983. The van der Waals surface area contributed by atoms with Crippen molar-refractivity contribution in [1.82, 2.24) is 14.9 Å². The van der Waals surface area contributed by atoms with Crippen molar-refractivity contribution in [1.29, 1.82) is 5.26 Å². The number of nitriles is 1. The number of amides is 1. The topological polar surface area (TPSA) is 103 Å². The van der Waals surface area contributed by atoms with Crippen LogP contribution in [0.4, 0.5) is 22.2 Å². The van der Waals surface area contributed by atoms with Gasteiger partial charge in [0.05, 0.1) is 18.2 Å². The molecule has 0 radical (unpaired) electrons. The van der Waals surface area contributed by atoms with Gasteiger partial charge in [0.2, 0.25) is 5.95 Å². The summed E-state index contributed by atoms with van der Waals surface area (Å²) in [6, 6.07) is 11.3. The van der Waals surface area contributed by atoms with Crippen molar-refractivity contribution in [3.05, 3.63) is 42.1 Å². The molecule has 8 heteroatoms. The third kappa shape index (κ3) is 5.07. The molecule has 27 heavy (non-hydrogen) atoms. The van der Waals surface area contributed by atoms with Gasteiger partial charge in [0.15, 0.2) is 0 Å². The first kappa shape index (κ1) is 18.5. The summed E-state index contributed by atoms with van der Waals surface area (Å²) in [5.74, 6) is 1.21. The van der Waals surface area contributed by atoms with Crippen LogP contribution in [0, 0.1) is 11.3 Å². The van der Waals surface area contributed by atoms with Crippen LogP contribution in [0.1, 0.15) is 25.3 Å². The maximum atomic E-state index is 11.8. The summed E-state index contributed by atoms with van der Waals surface area (Å²) in [4.78, 5) is 22.2. The van der Waals surface area contributed by atoms with Gasteiger partial charge in [-0.25, -0.2) is 9.78 Å². The molecular formula is C19H22N6O2. The molecule has 0 bridgehead atoms. The molecule has 1 amide bonds. The molecule has 140 valence electrons. The van der Waals surface area contributed by atoms with Crippen molar-refractivity contribution in [3.63, 3.8) is 0 Å². The number of nitrogens with one attached hydrogen (secondary N) is 2. The molecule has 0 unspecified atom stereocenters. The summed E-state index contributed by atoms with van der Waals surface area (Å²) >= 11 is 0. The van der Waals surface area contributed by atoms with E-state index in [1.165, 1.54) is 0 Å². The maximum Gasteiger partial charge on any atom is 0.409 e. The second-order valence-electron chi connectivity index (χ2n) is 6.18. The molecule has 1 saturated heterocycles. The van der Waals surface area contributed by atoms with E-state index in [1.807, 2.05) is 19.1 Å². The molecule has 0 aliphatic carbocycles. The van der Waals surface area contributed by atoms with Gasteiger partial charge in [-0.2, -0.15) is 10.2 Å². The van der Waals surface area contributed by atoms with Crippen LogP contribution in [0.3, 0.4) is 0 Å². The number of ether oxygens (including phenoxy) is 1. The molecule has 0 spiro atoms. The average Bonchev–Trinajstić information content (AvgIpc) is 2.70. The number of carbonyl (C=O) groups is 1. The smallest absolute Gasteiger partial charge is 0.409 e. The van der Waals surface area contributed by atoms with Crippen molar-refractivity contribution in [2.45, 2.75) is 25.8 Å². The van der Waals surface area contributed by atoms with E-state index in [4.69, 9.17) is 10.00 Å². The van der Waals surface area contributed by atoms with Crippen molar-refractivity contribution in [3.8, 4) is 6.07 Å². The highest BCUT2D eigenvalue weighted by Gasteiger charge is 2.23. The fourth-order valence-corrected chi connectivity index (χ4v) is 2.88. The van der Waals surface area contributed by atoms with Crippen LogP contribution in [-0.2, 0) is 4.74 Å². The van der Waals surface area contributed by atoms with E-state index in [2.05, 4.69) is 26.7 Å². The average molecular weight is 366 g/mol. The number of carbonyl (C=O) groups excluding carboxylic acids is 1. The van der Waals surface area contributed by atoms with E-state index < -0.39 is 0 Å². The first-order chi connectivity index (χ1) is 13.2. The zero-order chi connectivity index (χ0) is 19.1. The van der Waals surface area contributed by atoms with Crippen LogP contribution in [0.5, 0.6) is 0 Å². The molecule has 0 atom stereocenters. The largest absolute Gasteiger partial charge is 0.450 e. The minimum Gasteiger partial charge on any atom is -0.450 e. The number of piperidine rings is 1. The van der Waals surface area contributed by atoms with Gasteiger partial charge in [-0.1, -0.05) is 0 Å². The van der Waals surface area contributed by atoms with Gasteiger partial charge in [0.1, 0.15) is 5.82 Å². The van der Waals surface area contributed by atoms with Crippen LogP contribution < -0.4 is 10.6 Å². The fraction of sp³-hybridized carbons (Fsp3) is 0.368. The third-order valence-corrected chi connectivity index (χ3v) is 4.30. The van der Waals surface area contributed by atoms with Crippen LogP contribution in [0.2, 0.25) is 0 Å². The molecule has 2 N–H and O–H groups in total. The summed E-state index contributed by atoms with van der Waals surface area (Å²) in [5.41, 5.74) is 1.46. The number of rotatable bonds is 5. The number of anilines is 3. The Labute approximate surface area is 158 Å². The first-order valence-electron chi connectivity index (χ1n) is 8.96. The Morgan fingerprint density at radius 3 is 2.70 bits per heavy atom. The Morgan fingerprint density at radius 1 is 1.30 bits per heavy atom.